The molecule has 3 aromatic carbocycles. The van der Waals surface area contributed by atoms with E-state index in [1.165, 1.54) is 23.1 Å². The van der Waals surface area contributed by atoms with E-state index >= 15 is 0 Å². The first-order chi connectivity index (χ1) is 19.4. The minimum absolute atomic E-state index is 0.0189. The number of nitro groups is 1. The summed E-state index contributed by atoms with van der Waals surface area (Å²) < 4.78 is 26.6. The molecule has 2 atom stereocenters. The number of hydrogen-bond donors (Lipinski definition) is 1. The Morgan fingerprint density at radius 2 is 1.66 bits per heavy atom. The van der Waals surface area contributed by atoms with Crippen LogP contribution < -0.4 is 9.62 Å². The van der Waals surface area contributed by atoms with Gasteiger partial charge < -0.3 is 10.2 Å². The third-order valence-corrected chi connectivity index (χ3v) is 8.02. The van der Waals surface area contributed by atoms with Gasteiger partial charge in [-0.05, 0) is 43.0 Å². The zero-order valence-corrected chi connectivity index (χ0v) is 24.5. The van der Waals surface area contributed by atoms with Gasteiger partial charge in [-0.25, -0.2) is 8.42 Å². The molecule has 0 bridgehead atoms. The average Bonchev–Trinajstić information content (AvgIpc) is 2.94. The van der Waals surface area contributed by atoms with Crippen LogP contribution in [0.5, 0.6) is 0 Å². The number of rotatable bonds is 13. The molecule has 1 N–H and O–H groups in total. The molecule has 218 valence electrons. The van der Waals surface area contributed by atoms with Crippen molar-refractivity contribution in [3.8, 4) is 0 Å². The molecular formula is C30H36N4O6S. The molecule has 0 aliphatic rings. The van der Waals surface area contributed by atoms with E-state index in [4.69, 9.17) is 0 Å². The Hall–Kier alpha value is -4.25. The summed E-state index contributed by atoms with van der Waals surface area (Å²) in [6.07, 6.45) is 1.82. The molecule has 2 amide bonds. The minimum Gasteiger partial charge on any atom is -0.352 e. The van der Waals surface area contributed by atoms with E-state index < -0.39 is 33.4 Å². The van der Waals surface area contributed by atoms with Gasteiger partial charge in [-0.3, -0.25) is 24.0 Å². The minimum atomic E-state index is -4.04. The maximum absolute atomic E-state index is 14.1. The second kappa shape index (κ2) is 13.9. The Morgan fingerprint density at radius 1 is 1.00 bits per heavy atom. The second-order valence-electron chi connectivity index (χ2n) is 10.0. The van der Waals surface area contributed by atoms with Crippen molar-refractivity contribution < 1.29 is 22.9 Å². The number of nitrogens with zero attached hydrogens (tertiary/aromatic N) is 3. The molecule has 0 aromatic heterocycles. The molecule has 0 aliphatic heterocycles. The van der Waals surface area contributed by atoms with Gasteiger partial charge in [0.25, 0.3) is 5.69 Å². The highest BCUT2D eigenvalue weighted by Crippen LogP contribution is 2.24. The van der Waals surface area contributed by atoms with Crippen molar-refractivity contribution in [1.29, 1.82) is 0 Å². The summed E-state index contributed by atoms with van der Waals surface area (Å²) in [5.74, 6) is -0.975. The van der Waals surface area contributed by atoms with Gasteiger partial charge in [0.2, 0.25) is 21.8 Å². The fourth-order valence-corrected chi connectivity index (χ4v) is 5.18. The van der Waals surface area contributed by atoms with Gasteiger partial charge in [0, 0.05) is 31.1 Å². The van der Waals surface area contributed by atoms with Crippen molar-refractivity contribution in [2.24, 2.45) is 0 Å². The summed E-state index contributed by atoms with van der Waals surface area (Å²) >= 11 is 0. The quantitative estimate of drug-likeness (QED) is 0.238. The van der Waals surface area contributed by atoms with Gasteiger partial charge in [-0.2, -0.15) is 0 Å². The summed E-state index contributed by atoms with van der Waals surface area (Å²) in [7, 11) is -4.04. The lowest BCUT2D eigenvalue weighted by Gasteiger charge is -2.34. The Bertz CT molecular complexity index is 1480. The summed E-state index contributed by atoms with van der Waals surface area (Å²) in [6, 6.07) is 20.8. The number of carbonyl (C=O) groups is 2. The van der Waals surface area contributed by atoms with Gasteiger partial charge in [0.05, 0.1) is 16.9 Å². The van der Waals surface area contributed by atoms with Crippen LogP contribution in [0.15, 0.2) is 78.9 Å². The lowest BCUT2D eigenvalue weighted by molar-refractivity contribution is -0.384. The number of amides is 2. The van der Waals surface area contributed by atoms with Crippen molar-refractivity contribution in [3.63, 3.8) is 0 Å². The number of benzene rings is 3. The largest absolute Gasteiger partial charge is 0.352 e. The summed E-state index contributed by atoms with van der Waals surface area (Å²) in [5, 5.41) is 14.3. The van der Waals surface area contributed by atoms with Crippen molar-refractivity contribution in [2.45, 2.75) is 52.2 Å². The number of carbonyl (C=O) groups excluding carboxylic acids is 2. The highest BCUT2D eigenvalue weighted by Gasteiger charge is 2.34. The maximum Gasteiger partial charge on any atom is 0.271 e. The van der Waals surface area contributed by atoms with Gasteiger partial charge >= 0.3 is 0 Å². The molecule has 3 aromatic rings. The van der Waals surface area contributed by atoms with E-state index in [2.05, 4.69) is 5.32 Å². The Kier molecular flexibility index (Phi) is 10.6. The fraction of sp³-hybridized carbons (Fsp3) is 0.333. The Labute approximate surface area is 241 Å². The topological polar surface area (TPSA) is 130 Å². The number of aryl methyl sites for hydroxylation is 1. The summed E-state index contributed by atoms with van der Waals surface area (Å²) in [5.41, 5.74) is 2.21. The van der Waals surface area contributed by atoms with Crippen LogP contribution in [0.2, 0.25) is 0 Å². The smallest absolute Gasteiger partial charge is 0.271 e. The van der Waals surface area contributed by atoms with E-state index in [1.807, 2.05) is 75.4 Å². The number of anilines is 1. The first-order valence-electron chi connectivity index (χ1n) is 13.3. The van der Waals surface area contributed by atoms with Crippen molar-refractivity contribution >= 4 is 33.2 Å². The number of nitro benzene ring substituents is 1. The first kappa shape index (κ1) is 31.3. The first-order valence-corrected chi connectivity index (χ1v) is 15.2. The van der Waals surface area contributed by atoms with Crippen LogP contribution in [0.1, 0.15) is 37.0 Å². The predicted molar refractivity (Wildman–Crippen MR) is 159 cm³/mol. The van der Waals surface area contributed by atoms with E-state index in [-0.39, 0.29) is 36.3 Å². The van der Waals surface area contributed by atoms with Crippen molar-refractivity contribution in [1.82, 2.24) is 10.2 Å². The molecule has 0 saturated heterocycles. The third kappa shape index (κ3) is 8.62. The standard InChI is InChI=1S/C30H36N4O6S/c1-5-23(3)31-30(36)28(18-24-13-7-6-8-14-24)32(20-25-15-10-9-12-22(25)2)29(35)21-33(41(4,39)40)26-16-11-17-27(19-26)34(37)38/h6-17,19,23,28H,5,18,20-21H2,1-4H3,(H,31,36)/t23-,28-/m1/s1. The SMILES string of the molecule is CC[C@@H](C)NC(=O)[C@@H](Cc1ccccc1)N(Cc1ccccc1C)C(=O)CN(c1cccc([N+](=O)[O-])c1)S(C)(=O)=O. The molecule has 10 nitrogen and oxygen atoms in total. The molecule has 0 radical (unpaired) electrons. The van der Waals surface area contributed by atoms with E-state index in [9.17, 15) is 28.1 Å². The highest BCUT2D eigenvalue weighted by molar-refractivity contribution is 7.92. The van der Waals surface area contributed by atoms with E-state index in [0.29, 0.717) is 6.42 Å². The molecule has 0 spiro atoms. The number of nitrogens with one attached hydrogen (secondary N) is 1. The molecule has 41 heavy (non-hydrogen) atoms. The lowest BCUT2D eigenvalue weighted by Crippen LogP contribution is -2.54. The second-order valence-corrected chi connectivity index (χ2v) is 11.9. The zero-order chi connectivity index (χ0) is 30.2. The van der Waals surface area contributed by atoms with Crippen LogP contribution >= 0.6 is 0 Å². The molecule has 0 heterocycles. The van der Waals surface area contributed by atoms with Crippen molar-refractivity contribution in [2.75, 3.05) is 17.1 Å². The van der Waals surface area contributed by atoms with Crippen LogP contribution in [0.3, 0.4) is 0 Å². The number of hydrogen-bond acceptors (Lipinski definition) is 6. The lowest BCUT2D eigenvalue weighted by atomic mass is 10.0. The van der Waals surface area contributed by atoms with Crippen LogP contribution in [0.4, 0.5) is 11.4 Å². The van der Waals surface area contributed by atoms with Crippen molar-refractivity contribution in [3.05, 3.63) is 106 Å². The predicted octanol–water partition coefficient (Wildman–Crippen LogP) is 4.22. The molecule has 11 heteroatoms. The third-order valence-electron chi connectivity index (χ3n) is 6.88. The average molecular weight is 581 g/mol. The Balaban J connectivity index is 2.09. The number of sulfonamides is 1. The molecule has 0 unspecified atom stereocenters. The van der Waals surface area contributed by atoms with Crippen LogP contribution in [-0.2, 0) is 32.6 Å². The van der Waals surface area contributed by atoms with E-state index in [1.54, 1.807) is 0 Å². The normalized spacial score (nSPS) is 12.7. The van der Waals surface area contributed by atoms with Crippen LogP contribution in [0, 0.1) is 17.0 Å². The molecular weight excluding hydrogens is 544 g/mol. The molecule has 3 rings (SSSR count). The van der Waals surface area contributed by atoms with Gasteiger partial charge in [0.1, 0.15) is 12.6 Å². The number of non-ortho nitro benzene ring substituents is 1. The van der Waals surface area contributed by atoms with Gasteiger partial charge in [-0.15, -0.1) is 0 Å². The Morgan fingerprint density at radius 3 is 2.27 bits per heavy atom. The van der Waals surface area contributed by atoms with Crippen LogP contribution in [-0.4, -0.2) is 54.9 Å². The summed E-state index contributed by atoms with van der Waals surface area (Å²) in [6.45, 7) is 5.13. The fourth-order valence-electron chi connectivity index (χ4n) is 4.34. The van der Waals surface area contributed by atoms with Gasteiger partial charge in [0.15, 0.2) is 0 Å². The summed E-state index contributed by atoms with van der Waals surface area (Å²) in [4.78, 5) is 39.9. The maximum atomic E-state index is 14.1. The molecule has 0 saturated carbocycles. The van der Waals surface area contributed by atoms with Crippen LogP contribution in [0.25, 0.3) is 0 Å². The molecule has 0 aliphatic carbocycles. The highest BCUT2D eigenvalue weighted by atomic mass is 32.2. The zero-order valence-electron chi connectivity index (χ0n) is 23.7. The van der Waals surface area contributed by atoms with Gasteiger partial charge in [-0.1, -0.05) is 67.6 Å². The van der Waals surface area contributed by atoms with E-state index in [0.717, 1.165) is 33.3 Å². The monoisotopic (exact) mass is 580 g/mol. The molecule has 0 fully saturated rings.